The summed E-state index contributed by atoms with van der Waals surface area (Å²) in [4.78, 5) is 32.3. The summed E-state index contributed by atoms with van der Waals surface area (Å²) in [6, 6.07) is 18.7. The van der Waals surface area contributed by atoms with Crippen molar-refractivity contribution in [1.29, 1.82) is 0 Å². The Morgan fingerprint density at radius 2 is 1.86 bits per heavy atom. The topological polar surface area (TPSA) is 74.8 Å². The highest BCUT2D eigenvalue weighted by atomic mass is 32.2. The van der Waals surface area contributed by atoms with Crippen molar-refractivity contribution < 1.29 is 4.79 Å². The number of nitrogens with one attached hydrogen (secondary N) is 2. The number of nitrogens with zero attached hydrogens (tertiary/aromatic N) is 1. The molecule has 5 nitrogen and oxygen atoms in total. The third-order valence-electron chi connectivity index (χ3n) is 4.17. The van der Waals surface area contributed by atoms with E-state index in [0.717, 1.165) is 35.3 Å². The van der Waals surface area contributed by atoms with E-state index >= 15 is 0 Å². The fourth-order valence-corrected chi connectivity index (χ4v) is 3.79. The van der Waals surface area contributed by atoms with Crippen molar-refractivity contribution in [1.82, 2.24) is 9.97 Å². The van der Waals surface area contributed by atoms with Crippen LogP contribution in [0.15, 0.2) is 70.6 Å². The van der Waals surface area contributed by atoms with Gasteiger partial charge in [-0.3, -0.25) is 9.59 Å². The number of aromatic amines is 1. The largest absolute Gasteiger partial charge is 0.325 e. The van der Waals surface area contributed by atoms with Gasteiger partial charge in [0.2, 0.25) is 5.91 Å². The summed E-state index contributed by atoms with van der Waals surface area (Å²) in [5.41, 5.74) is 3.24. The molecule has 0 aliphatic rings. The number of H-pyrrole nitrogens is 1. The zero-order valence-corrected chi connectivity index (χ0v) is 16.8. The maximum absolute atomic E-state index is 13.0. The average Bonchev–Trinajstić information content (AvgIpc) is 2.68. The smallest absolute Gasteiger partial charge is 0.251 e. The Bertz CT molecular complexity index is 985. The first-order valence-electron chi connectivity index (χ1n) is 9.24. The number of rotatable bonds is 7. The summed E-state index contributed by atoms with van der Waals surface area (Å²) in [7, 11) is 0. The van der Waals surface area contributed by atoms with Gasteiger partial charge in [-0.05, 0) is 31.0 Å². The molecule has 0 spiro atoms. The van der Waals surface area contributed by atoms with E-state index in [4.69, 9.17) is 0 Å². The minimum Gasteiger partial charge on any atom is -0.325 e. The van der Waals surface area contributed by atoms with Crippen LogP contribution in [0.4, 0.5) is 5.69 Å². The van der Waals surface area contributed by atoms with Crippen LogP contribution in [0.2, 0.25) is 0 Å². The first-order valence-corrected chi connectivity index (χ1v) is 10.1. The third kappa shape index (κ3) is 5.33. The van der Waals surface area contributed by atoms with E-state index in [2.05, 4.69) is 15.3 Å². The van der Waals surface area contributed by atoms with Crippen LogP contribution in [0.1, 0.15) is 35.4 Å². The van der Waals surface area contributed by atoms with Crippen LogP contribution in [0.25, 0.3) is 0 Å². The van der Waals surface area contributed by atoms with Crippen molar-refractivity contribution in [3.63, 3.8) is 0 Å². The fraction of sp³-hybridized carbons (Fsp3) is 0.227. The van der Waals surface area contributed by atoms with E-state index in [1.54, 1.807) is 0 Å². The zero-order chi connectivity index (χ0) is 19.9. The standard InChI is InChI=1S/C22H23N3O2S/c1-3-7-18-14-19(26)25-22(24-18)28-20(16-8-5-4-6-9-16)21(27)23-17-12-10-15(2)11-13-17/h4-6,8-14,20H,3,7H2,1-2H3,(H,23,27)(H,24,25,26). The fourth-order valence-electron chi connectivity index (χ4n) is 2.78. The number of thioether (sulfide) groups is 1. The first kappa shape index (κ1) is 19.9. The lowest BCUT2D eigenvalue weighted by Crippen LogP contribution is -2.20. The Morgan fingerprint density at radius 3 is 2.54 bits per heavy atom. The molecule has 3 rings (SSSR count). The highest BCUT2D eigenvalue weighted by Crippen LogP contribution is 2.34. The molecular formula is C22H23N3O2S. The van der Waals surface area contributed by atoms with Gasteiger partial charge < -0.3 is 10.3 Å². The molecule has 0 saturated carbocycles. The molecule has 0 aliphatic carbocycles. The van der Waals surface area contributed by atoms with Crippen molar-refractivity contribution >= 4 is 23.4 Å². The Morgan fingerprint density at radius 1 is 1.14 bits per heavy atom. The summed E-state index contributed by atoms with van der Waals surface area (Å²) in [5.74, 6) is -0.163. The number of amides is 1. The van der Waals surface area contributed by atoms with E-state index in [9.17, 15) is 9.59 Å². The van der Waals surface area contributed by atoms with Crippen molar-refractivity contribution in [2.24, 2.45) is 0 Å². The van der Waals surface area contributed by atoms with Crippen molar-refractivity contribution in [3.05, 3.63) is 87.8 Å². The summed E-state index contributed by atoms with van der Waals surface area (Å²) in [6.07, 6.45) is 1.62. The lowest BCUT2D eigenvalue weighted by atomic mass is 10.1. The summed E-state index contributed by atoms with van der Waals surface area (Å²) in [6.45, 7) is 4.04. The van der Waals surface area contributed by atoms with Gasteiger partial charge in [0.05, 0.1) is 0 Å². The molecule has 3 aromatic rings. The maximum Gasteiger partial charge on any atom is 0.251 e. The molecular weight excluding hydrogens is 370 g/mol. The number of hydrogen-bond acceptors (Lipinski definition) is 4. The number of aromatic nitrogens is 2. The molecule has 6 heteroatoms. The Balaban J connectivity index is 1.88. The van der Waals surface area contributed by atoms with Crippen molar-refractivity contribution in [2.75, 3.05) is 5.32 Å². The van der Waals surface area contributed by atoms with E-state index in [1.165, 1.54) is 17.8 Å². The van der Waals surface area contributed by atoms with Gasteiger partial charge in [-0.2, -0.15) is 0 Å². The third-order valence-corrected chi connectivity index (χ3v) is 5.31. The molecule has 1 aromatic heterocycles. The van der Waals surface area contributed by atoms with Crippen LogP contribution < -0.4 is 10.9 Å². The second-order valence-electron chi connectivity index (χ2n) is 6.56. The molecule has 0 saturated heterocycles. The molecule has 144 valence electrons. The molecule has 1 amide bonds. The molecule has 28 heavy (non-hydrogen) atoms. The second-order valence-corrected chi connectivity index (χ2v) is 7.65. The van der Waals surface area contributed by atoms with Gasteiger partial charge in [0.25, 0.3) is 5.56 Å². The number of benzene rings is 2. The maximum atomic E-state index is 13.0. The van der Waals surface area contributed by atoms with Gasteiger partial charge in [0.15, 0.2) is 5.16 Å². The van der Waals surface area contributed by atoms with E-state index in [1.807, 2.05) is 68.4 Å². The summed E-state index contributed by atoms with van der Waals surface area (Å²) >= 11 is 1.25. The lowest BCUT2D eigenvalue weighted by Gasteiger charge is -2.17. The molecule has 1 heterocycles. The lowest BCUT2D eigenvalue weighted by molar-refractivity contribution is -0.115. The number of anilines is 1. The molecule has 0 aliphatic heterocycles. The van der Waals surface area contributed by atoms with Crippen LogP contribution in [0.3, 0.4) is 0 Å². The molecule has 2 aromatic carbocycles. The van der Waals surface area contributed by atoms with E-state index in [0.29, 0.717) is 5.16 Å². The first-order chi connectivity index (χ1) is 13.5. The molecule has 1 unspecified atom stereocenters. The van der Waals surface area contributed by atoms with Gasteiger partial charge >= 0.3 is 0 Å². The van der Waals surface area contributed by atoms with Crippen LogP contribution >= 0.6 is 11.8 Å². The summed E-state index contributed by atoms with van der Waals surface area (Å²) in [5, 5.41) is 2.87. The number of aryl methyl sites for hydroxylation is 2. The quantitative estimate of drug-likeness (QED) is 0.458. The monoisotopic (exact) mass is 393 g/mol. The van der Waals surface area contributed by atoms with Gasteiger partial charge in [0, 0.05) is 17.4 Å². The predicted octanol–water partition coefficient (Wildman–Crippen LogP) is 4.50. The van der Waals surface area contributed by atoms with Gasteiger partial charge in [-0.25, -0.2) is 4.98 Å². The highest BCUT2D eigenvalue weighted by molar-refractivity contribution is 8.00. The Hall–Kier alpha value is -2.86. The minimum absolute atomic E-state index is 0.163. The SMILES string of the molecule is CCCc1cc(=O)[nH]c(SC(C(=O)Nc2ccc(C)cc2)c2ccccc2)n1. The zero-order valence-electron chi connectivity index (χ0n) is 15.9. The molecule has 1 atom stereocenters. The van der Waals surface area contributed by atoms with Crippen LogP contribution in [-0.2, 0) is 11.2 Å². The highest BCUT2D eigenvalue weighted by Gasteiger charge is 2.23. The van der Waals surface area contributed by atoms with Crippen molar-refractivity contribution in [3.8, 4) is 0 Å². The average molecular weight is 394 g/mol. The summed E-state index contributed by atoms with van der Waals surface area (Å²) < 4.78 is 0. The van der Waals surface area contributed by atoms with E-state index in [-0.39, 0.29) is 11.5 Å². The Labute approximate surface area is 168 Å². The van der Waals surface area contributed by atoms with Crippen molar-refractivity contribution in [2.45, 2.75) is 37.1 Å². The Kier molecular flexibility index (Phi) is 6.66. The number of carbonyl (C=O) groups excluding carboxylic acids is 1. The van der Waals surface area contributed by atoms with Crippen LogP contribution in [-0.4, -0.2) is 15.9 Å². The predicted molar refractivity (Wildman–Crippen MR) is 114 cm³/mol. The van der Waals surface area contributed by atoms with Crippen LogP contribution in [0, 0.1) is 6.92 Å². The van der Waals surface area contributed by atoms with Gasteiger partial charge in [-0.15, -0.1) is 0 Å². The van der Waals surface area contributed by atoms with Gasteiger partial charge in [-0.1, -0.05) is 73.1 Å². The number of hydrogen-bond donors (Lipinski definition) is 2. The second kappa shape index (κ2) is 9.37. The molecule has 0 bridgehead atoms. The normalized spacial score (nSPS) is 11.8. The molecule has 0 fully saturated rings. The van der Waals surface area contributed by atoms with Gasteiger partial charge in [0.1, 0.15) is 5.25 Å². The minimum atomic E-state index is -0.539. The molecule has 2 N–H and O–H groups in total. The molecule has 0 radical (unpaired) electrons. The number of carbonyl (C=O) groups is 1. The van der Waals surface area contributed by atoms with E-state index < -0.39 is 5.25 Å². The van der Waals surface area contributed by atoms with Crippen LogP contribution in [0.5, 0.6) is 0 Å².